The normalized spacial score (nSPS) is 15.6. The van der Waals surface area contributed by atoms with Gasteiger partial charge >= 0.3 is 12.0 Å². The Morgan fingerprint density at radius 3 is 2.56 bits per heavy atom. The fraction of sp³-hybridized carbons (Fsp3) is 0.750. The lowest BCUT2D eigenvalue weighted by atomic mass is 10.2. The first-order valence-electron chi connectivity index (χ1n) is 6.08. The molecular weight excluding hydrogens is 234 g/mol. The summed E-state index contributed by atoms with van der Waals surface area (Å²) in [5.74, 6) is -1.12. The predicted octanol–water partition coefficient (Wildman–Crippen LogP) is 1.14. The van der Waals surface area contributed by atoms with Gasteiger partial charge in [-0.1, -0.05) is 0 Å². The summed E-state index contributed by atoms with van der Waals surface area (Å²) in [6.07, 6.45) is 1.84. The number of amides is 2. The van der Waals surface area contributed by atoms with Crippen molar-refractivity contribution in [2.45, 2.75) is 32.2 Å². The Hall–Kier alpha value is -1.77. The van der Waals surface area contributed by atoms with Gasteiger partial charge in [-0.2, -0.15) is 5.26 Å². The lowest BCUT2D eigenvalue weighted by molar-refractivity contribution is -0.137. The molecule has 0 saturated heterocycles. The van der Waals surface area contributed by atoms with Gasteiger partial charge in [0.2, 0.25) is 0 Å². The summed E-state index contributed by atoms with van der Waals surface area (Å²) in [5.41, 5.74) is 0. The number of carboxylic acid groups (broad SMARTS) is 1. The van der Waals surface area contributed by atoms with E-state index in [1.807, 2.05) is 0 Å². The molecule has 0 radical (unpaired) electrons. The molecule has 0 aromatic carbocycles. The van der Waals surface area contributed by atoms with E-state index in [-0.39, 0.29) is 31.0 Å². The number of urea groups is 1. The standard InChI is InChI=1S/C12H19N3O3/c1-9(7-13)8-14(2)12(18)15(10-3-4-10)6-5-11(16)17/h9-10H,3-6,8H2,1-2H3,(H,16,17). The summed E-state index contributed by atoms with van der Waals surface area (Å²) in [4.78, 5) is 25.8. The zero-order valence-corrected chi connectivity index (χ0v) is 10.8. The van der Waals surface area contributed by atoms with Gasteiger partial charge in [-0.25, -0.2) is 4.79 Å². The molecule has 1 saturated carbocycles. The molecule has 0 bridgehead atoms. The molecule has 0 aromatic rings. The van der Waals surface area contributed by atoms with E-state index in [0.29, 0.717) is 6.54 Å². The Bertz CT molecular complexity index is 360. The third-order valence-electron chi connectivity index (χ3n) is 2.89. The number of rotatable bonds is 6. The zero-order chi connectivity index (χ0) is 13.7. The number of carbonyl (C=O) groups is 2. The maximum atomic E-state index is 12.1. The zero-order valence-electron chi connectivity index (χ0n) is 10.8. The molecule has 100 valence electrons. The highest BCUT2D eigenvalue weighted by Crippen LogP contribution is 2.27. The van der Waals surface area contributed by atoms with Crippen molar-refractivity contribution in [3.8, 4) is 6.07 Å². The topological polar surface area (TPSA) is 84.6 Å². The van der Waals surface area contributed by atoms with Crippen LogP contribution in [0.3, 0.4) is 0 Å². The first-order valence-corrected chi connectivity index (χ1v) is 6.08. The fourth-order valence-electron chi connectivity index (χ4n) is 1.79. The van der Waals surface area contributed by atoms with E-state index in [1.54, 1.807) is 18.9 Å². The van der Waals surface area contributed by atoms with Gasteiger partial charge in [-0.05, 0) is 19.8 Å². The number of aliphatic carboxylic acids is 1. The second-order valence-corrected chi connectivity index (χ2v) is 4.76. The molecule has 18 heavy (non-hydrogen) atoms. The Morgan fingerprint density at radius 1 is 1.50 bits per heavy atom. The number of carbonyl (C=O) groups excluding carboxylic acids is 1. The Labute approximate surface area is 107 Å². The SMILES string of the molecule is CC(C#N)CN(C)C(=O)N(CCC(=O)O)C1CC1. The molecule has 1 aliphatic rings. The first kappa shape index (κ1) is 14.3. The number of nitriles is 1. The maximum absolute atomic E-state index is 12.1. The Balaban J connectivity index is 2.53. The van der Waals surface area contributed by atoms with Crippen LogP contribution in [0.5, 0.6) is 0 Å². The highest BCUT2D eigenvalue weighted by molar-refractivity contribution is 5.76. The molecule has 1 aliphatic carbocycles. The number of hydrogen-bond donors (Lipinski definition) is 1. The lowest BCUT2D eigenvalue weighted by Gasteiger charge is -2.28. The van der Waals surface area contributed by atoms with Crippen molar-refractivity contribution in [1.29, 1.82) is 5.26 Å². The highest BCUT2D eigenvalue weighted by Gasteiger charge is 2.34. The van der Waals surface area contributed by atoms with Crippen LogP contribution in [0.15, 0.2) is 0 Å². The largest absolute Gasteiger partial charge is 0.481 e. The molecule has 1 rings (SSSR count). The lowest BCUT2D eigenvalue weighted by Crippen LogP contribution is -2.44. The Kier molecular flexibility index (Phi) is 4.95. The van der Waals surface area contributed by atoms with E-state index in [1.165, 1.54) is 4.90 Å². The Morgan fingerprint density at radius 2 is 2.11 bits per heavy atom. The van der Waals surface area contributed by atoms with Gasteiger partial charge in [0.05, 0.1) is 18.4 Å². The summed E-state index contributed by atoms with van der Waals surface area (Å²) in [5, 5.41) is 17.4. The molecule has 6 nitrogen and oxygen atoms in total. The van der Waals surface area contributed by atoms with Crippen LogP contribution in [-0.4, -0.2) is 53.1 Å². The minimum absolute atomic E-state index is 0.0378. The molecule has 0 heterocycles. The molecule has 6 heteroatoms. The summed E-state index contributed by atoms with van der Waals surface area (Å²) in [6.45, 7) is 2.36. The van der Waals surface area contributed by atoms with Gasteiger partial charge < -0.3 is 14.9 Å². The van der Waals surface area contributed by atoms with E-state index in [9.17, 15) is 9.59 Å². The van der Waals surface area contributed by atoms with Gasteiger partial charge in [-0.15, -0.1) is 0 Å². The van der Waals surface area contributed by atoms with E-state index in [4.69, 9.17) is 10.4 Å². The summed E-state index contributed by atoms with van der Waals surface area (Å²) < 4.78 is 0. The van der Waals surface area contributed by atoms with E-state index >= 15 is 0 Å². The van der Waals surface area contributed by atoms with Crippen molar-refractivity contribution >= 4 is 12.0 Å². The van der Waals surface area contributed by atoms with Crippen molar-refractivity contribution in [2.24, 2.45) is 5.92 Å². The average molecular weight is 253 g/mol. The van der Waals surface area contributed by atoms with Crippen LogP contribution in [0.2, 0.25) is 0 Å². The smallest absolute Gasteiger partial charge is 0.320 e. The van der Waals surface area contributed by atoms with Gasteiger partial charge in [0.15, 0.2) is 0 Å². The van der Waals surface area contributed by atoms with Crippen molar-refractivity contribution in [3.05, 3.63) is 0 Å². The van der Waals surface area contributed by atoms with Gasteiger partial charge in [0.25, 0.3) is 0 Å². The van der Waals surface area contributed by atoms with Gasteiger partial charge in [0.1, 0.15) is 0 Å². The highest BCUT2D eigenvalue weighted by atomic mass is 16.4. The van der Waals surface area contributed by atoms with Crippen LogP contribution in [-0.2, 0) is 4.79 Å². The van der Waals surface area contributed by atoms with Gasteiger partial charge in [-0.3, -0.25) is 4.79 Å². The summed E-state index contributed by atoms with van der Waals surface area (Å²) >= 11 is 0. The van der Waals surface area contributed by atoms with E-state index in [0.717, 1.165) is 12.8 Å². The van der Waals surface area contributed by atoms with Crippen molar-refractivity contribution < 1.29 is 14.7 Å². The van der Waals surface area contributed by atoms with Gasteiger partial charge in [0, 0.05) is 26.2 Å². The minimum Gasteiger partial charge on any atom is -0.481 e. The monoisotopic (exact) mass is 253 g/mol. The first-order chi connectivity index (χ1) is 8.45. The van der Waals surface area contributed by atoms with Crippen molar-refractivity contribution in [1.82, 2.24) is 9.80 Å². The third-order valence-corrected chi connectivity index (χ3v) is 2.89. The third kappa shape index (κ3) is 4.24. The molecule has 0 aliphatic heterocycles. The molecule has 2 amide bonds. The van der Waals surface area contributed by atoms with Crippen molar-refractivity contribution in [3.63, 3.8) is 0 Å². The molecule has 1 N–H and O–H groups in total. The quantitative estimate of drug-likeness (QED) is 0.769. The number of carboxylic acids is 1. The maximum Gasteiger partial charge on any atom is 0.320 e. The van der Waals surface area contributed by atoms with Crippen LogP contribution in [0.1, 0.15) is 26.2 Å². The van der Waals surface area contributed by atoms with Crippen LogP contribution in [0.25, 0.3) is 0 Å². The number of nitrogens with zero attached hydrogens (tertiary/aromatic N) is 3. The minimum atomic E-state index is -0.901. The molecular formula is C12H19N3O3. The molecule has 1 fully saturated rings. The summed E-state index contributed by atoms with van der Waals surface area (Å²) in [6, 6.07) is 2.08. The fourth-order valence-corrected chi connectivity index (χ4v) is 1.79. The van der Waals surface area contributed by atoms with E-state index in [2.05, 4.69) is 6.07 Å². The second-order valence-electron chi connectivity index (χ2n) is 4.76. The van der Waals surface area contributed by atoms with Crippen LogP contribution in [0.4, 0.5) is 4.79 Å². The van der Waals surface area contributed by atoms with E-state index < -0.39 is 5.97 Å². The van der Waals surface area contributed by atoms with Crippen molar-refractivity contribution in [2.75, 3.05) is 20.1 Å². The molecule has 1 atom stereocenters. The van der Waals surface area contributed by atoms with Crippen LogP contribution >= 0.6 is 0 Å². The number of hydrogen-bond acceptors (Lipinski definition) is 3. The summed E-state index contributed by atoms with van der Waals surface area (Å²) in [7, 11) is 1.65. The van der Waals surface area contributed by atoms with Crippen LogP contribution < -0.4 is 0 Å². The molecule has 1 unspecified atom stereocenters. The van der Waals surface area contributed by atoms with Crippen LogP contribution in [0, 0.1) is 17.2 Å². The molecule has 0 spiro atoms. The predicted molar refractivity (Wildman–Crippen MR) is 64.8 cm³/mol. The molecule has 0 aromatic heterocycles. The average Bonchev–Trinajstić information content (AvgIpc) is 3.12. The second kappa shape index (κ2) is 6.24.